The molecule has 1 aliphatic carbocycles. The molecule has 1 fully saturated rings. The van der Waals surface area contributed by atoms with Gasteiger partial charge in [0.25, 0.3) is 0 Å². The van der Waals surface area contributed by atoms with Crippen LogP contribution in [0.1, 0.15) is 80.0 Å². The van der Waals surface area contributed by atoms with Crippen molar-refractivity contribution >= 4 is 5.97 Å². The first kappa shape index (κ1) is 26.8. The summed E-state index contributed by atoms with van der Waals surface area (Å²) >= 11 is 0. The van der Waals surface area contributed by atoms with Crippen molar-refractivity contribution in [1.29, 1.82) is 0 Å². The fourth-order valence-electron chi connectivity index (χ4n) is 5.31. The first-order valence-electron chi connectivity index (χ1n) is 13.4. The summed E-state index contributed by atoms with van der Waals surface area (Å²) in [7, 11) is 0. The van der Waals surface area contributed by atoms with E-state index in [9.17, 15) is 13.6 Å². The molecule has 4 heteroatoms. The monoisotopic (exact) mass is 502 g/mol. The number of rotatable bonds is 9. The van der Waals surface area contributed by atoms with Gasteiger partial charge in [-0.3, -0.25) is 4.79 Å². The van der Waals surface area contributed by atoms with E-state index >= 15 is 0 Å². The molecule has 1 aliphatic rings. The summed E-state index contributed by atoms with van der Waals surface area (Å²) in [6.45, 7) is 4.12. The highest BCUT2D eigenvalue weighted by molar-refractivity contribution is 5.75. The maximum Gasteiger partial charge on any atom is 0.314 e. The van der Waals surface area contributed by atoms with E-state index in [1.54, 1.807) is 0 Å². The highest BCUT2D eigenvalue weighted by Gasteiger charge is 2.29. The number of allylic oxidation sites excluding steroid dienone is 2. The lowest BCUT2D eigenvalue weighted by atomic mass is 9.78. The first-order chi connectivity index (χ1) is 17.9. The third kappa shape index (κ3) is 7.15. The molecule has 3 aromatic carbocycles. The molecule has 1 atom stereocenters. The molecule has 0 bridgehead atoms. The van der Waals surface area contributed by atoms with Crippen LogP contribution in [0.5, 0.6) is 5.75 Å². The second-order valence-electron chi connectivity index (χ2n) is 10.2. The van der Waals surface area contributed by atoms with E-state index in [1.807, 2.05) is 25.1 Å². The van der Waals surface area contributed by atoms with Crippen LogP contribution in [-0.2, 0) is 17.6 Å². The summed E-state index contributed by atoms with van der Waals surface area (Å²) in [5, 5.41) is 0. The number of carbonyl (C=O) groups excluding carboxylic acids is 1. The molecule has 0 spiro atoms. The molecule has 2 nitrogen and oxygen atoms in total. The van der Waals surface area contributed by atoms with Gasteiger partial charge in [0.15, 0.2) is 0 Å². The highest BCUT2D eigenvalue weighted by Crippen LogP contribution is 2.37. The minimum atomic E-state index is -0.669. The average Bonchev–Trinajstić information content (AvgIpc) is 2.91. The maximum absolute atomic E-state index is 14.4. The maximum atomic E-state index is 14.4. The Morgan fingerprint density at radius 3 is 2.24 bits per heavy atom. The molecule has 0 aromatic heterocycles. The van der Waals surface area contributed by atoms with Crippen molar-refractivity contribution in [1.82, 2.24) is 0 Å². The second kappa shape index (κ2) is 12.8. The lowest BCUT2D eigenvalue weighted by Crippen LogP contribution is -2.25. The molecular weight excluding hydrogens is 466 g/mol. The van der Waals surface area contributed by atoms with Crippen molar-refractivity contribution in [2.45, 2.75) is 70.6 Å². The Morgan fingerprint density at radius 2 is 1.62 bits per heavy atom. The van der Waals surface area contributed by atoms with Gasteiger partial charge in [-0.05, 0) is 80.4 Å². The number of hydrogen-bond acceptors (Lipinski definition) is 2. The van der Waals surface area contributed by atoms with Gasteiger partial charge in [0.1, 0.15) is 17.4 Å². The Labute approximate surface area is 219 Å². The Balaban J connectivity index is 1.28. The Hall–Kier alpha value is -3.27. The van der Waals surface area contributed by atoms with Gasteiger partial charge < -0.3 is 4.74 Å². The predicted octanol–water partition coefficient (Wildman–Crippen LogP) is 8.70. The van der Waals surface area contributed by atoms with E-state index in [0.29, 0.717) is 31.1 Å². The summed E-state index contributed by atoms with van der Waals surface area (Å²) in [6, 6.07) is 21.7. The zero-order valence-electron chi connectivity index (χ0n) is 21.8. The summed E-state index contributed by atoms with van der Waals surface area (Å²) in [5.74, 6) is -1.17. The molecule has 0 saturated heterocycles. The van der Waals surface area contributed by atoms with Crippen LogP contribution in [0.15, 0.2) is 78.9 Å². The number of halogens is 2. The second-order valence-corrected chi connectivity index (χ2v) is 10.2. The van der Waals surface area contributed by atoms with Crippen molar-refractivity contribution in [2.24, 2.45) is 5.92 Å². The minimum absolute atomic E-state index is 0.0268. The van der Waals surface area contributed by atoms with Crippen LogP contribution < -0.4 is 4.74 Å². The molecular formula is C33H36F2O2. The van der Waals surface area contributed by atoms with Gasteiger partial charge in [-0.1, -0.05) is 73.7 Å². The Bertz CT molecular complexity index is 1170. The van der Waals surface area contributed by atoms with E-state index in [1.165, 1.54) is 16.7 Å². The van der Waals surface area contributed by atoms with Crippen LogP contribution in [0.25, 0.3) is 0 Å². The largest absolute Gasteiger partial charge is 0.426 e. The molecule has 3 aromatic rings. The molecule has 0 aliphatic heterocycles. The van der Waals surface area contributed by atoms with Gasteiger partial charge in [0, 0.05) is 17.7 Å². The van der Waals surface area contributed by atoms with Crippen molar-refractivity contribution in [3.63, 3.8) is 0 Å². The molecule has 37 heavy (non-hydrogen) atoms. The molecule has 0 N–H and O–H groups in total. The summed E-state index contributed by atoms with van der Waals surface area (Å²) in [4.78, 5) is 12.7. The molecule has 1 unspecified atom stereocenters. The van der Waals surface area contributed by atoms with Crippen LogP contribution in [0.4, 0.5) is 8.78 Å². The molecule has 0 amide bonds. The van der Waals surface area contributed by atoms with Crippen molar-refractivity contribution < 1.29 is 18.3 Å². The third-order valence-corrected chi connectivity index (χ3v) is 7.55. The van der Waals surface area contributed by atoms with Gasteiger partial charge in [0.2, 0.25) is 0 Å². The fraction of sp³-hybridized carbons (Fsp3) is 0.364. The van der Waals surface area contributed by atoms with Gasteiger partial charge in [-0.2, -0.15) is 0 Å². The van der Waals surface area contributed by atoms with Crippen LogP contribution >= 0.6 is 0 Å². The van der Waals surface area contributed by atoms with Crippen LogP contribution in [-0.4, -0.2) is 5.97 Å². The molecule has 194 valence electrons. The van der Waals surface area contributed by atoms with E-state index < -0.39 is 17.6 Å². The van der Waals surface area contributed by atoms with Crippen LogP contribution in [0.3, 0.4) is 0 Å². The summed E-state index contributed by atoms with van der Waals surface area (Å²) < 4.78 is 34.2. The fourth-order valence-corrected chi connectivity index (χ4v) is 5.31. The normalized spacial score (nSPS) is 18.6. The molecule has 4 rings (SSSR count). The standard InChI is InChI=1S/C33H36F2O2/c1-3-4-6-11-30-31(34)21-29(22-32(30)35)37-33(36)28-18-16-27(17-19-28)26-14-12-24(13-15-26)20-23(2)25-9-7-5-8-10-25/h3-5,7-10,12-15,21-23,27-28H,6,11,16-20H2,1-2H3/b4-3+. The smallest absolute Gasteiger partial charge is 0.314 e. The molecule has 0 heterocycles. The van der Waals surface area contributed by atoms with E-state index in [2.05, 4.69) is 55.5 Å². The number of esters is 1. The average molecular weight is 503 g/mol. The number of benzene rings is 3. The highest BCUT2D eigenvalue weighted by atomic mass is 19.1. The third-order valence-electron chi connectivity index (χ3n) is 7.55. The lowest BCUT2D eigenvalue weighted by Gasteiger charge is -2.27. The van der Waals surface area contributed by atoms with Crippen LogP contribution in [0.2, 0.25) is 0 Å². The number of carbonyl (C=O) groups is 1. The van der Waals surface area contributed by atoms with E-state index in [4.69, 9.17) is 4.74 Å². The minimum Gasteiger partial charge on any atom is -0.426 e. The predicted molar refractivity (Wildman–Crippen MR) is 145 cm³/mol. The van der Waals surface area contributed by atoms with Crippen molar-refractivity contribution in [2.75, 3.05) is 0 Å². The zero-order valence-corrected chi connectivity index (χ0v) is 21.8. The lowest BCUT2D eigenvalue weighted by molar-refractivity contribution is -0.140. The van der Waals surface area contributed by atoms with Crippen molar-refractivity contribution in [3.05, 3.63) is 113 Å². The zero-order chi connectivity index (χ0) is 26.2. The topological polar surface area (TPSA) is 26.3 Å². The summed E-state index contributed by atoms with van der Waals surface area (Å²) in [5.41, 5.74) is 4.01. The number of ether oxygens (including phenoxy) is 1. The van der Waals surface area contributed by atoms with Crippen LogP contribution in [0, 0.1) is 17.6 Å². The SMILES string of the molecule is C/C=C/CCc1c(F)cc(OC(=O)C2CCC(c3ccc(CC(C)c4ccccc4)cc3)CC2)cc1F. The van der Waals surface area contributed by atoms with Crippen molar-refractivity contribution in [3.8, 4) is 5.75 Å². The summed E-state index contributed by atoms with van der Waals surface area (Å²) in [6.07, 6.45) is 8.76. The Morgan fingerprint density at radius 1 is 0.973 bits per heavy atom. The van der Waals surface area contributed by atoms with E-state index in [-0.39, 0.29) is 23.7 Å². The van der Waals surface area contributed by atoms with E-state index in [0.717, 1.165) is 31.4 Å². The molecule has 1 saturated carbocycles. The quantitative estimate of drug-likeness (QED) is 0.166. The van der Waals surface area contributed by atoms with Gasteiger partial charge in [-0.25, -0.2) is 8.78 Å². The van der Waals surface area contributed by atoms with Gasteiger partial charge in [0.05, 0.1) is 5.92 Å². The first-order valence-corrected chi connectivity index (χ1v) is 13.4. The Kier molecular flexibility index (Phi) is 9.27. The number of hydrogen-bond donors (Lipinski definition) is 0. The molecule has 0 radical (unpaired) electrons. The van der Waals surface area contributed by atoms with Gasteiger partial charge in [-0.15, -0.1) is 0 Å². The van der Waals surface area contributed by atoms with Gasteiger partial charge >= 0.3 is 5.97 Å².